The van der Waals surface area contributed by atoms with Crippen LogP contribution in [0.4, 0.5) is 11.5 Å². The van der Waals surface area contributed by atoms with Gasteiger partial charge in [0.15, 0.2) is 0 Å². The number of aryl methyl sites for hydroxylation is 2. The molecule has 0 atom stereocenters. The van der Waals surface area contributed by atoms with E-state index in [1.807, 2.05) is 36.1 Å². The predicted octanol–water partition coefficient (Wildman–Crippen LogP) is 1.82. The molecule has 3 heterocycles. The van der Waals surface area contributed by atoms with Crippen molar-refractivity contribution in [3.05, 3.63) is 47.9 Å². The molecule has 1 N–H and O–H groups in total. The largest absolute Gasteiger partial charge is 0.361 e. The van der Waals surface area contributed by atoms with E-state index in [1.165, 1.54) is 11.9 Å². The fraction of sp³-hybridized carbons (Fsp3) is 0.294. The monoisotopic (exact) mass is 322 g/mol. The SMILES string of the molecule is Cc1cc(NCC(=O)N2CCCc3ccccc32)n2ncnc2n1. The van der Waals surface area contributed by atoms with Gasteiger partial charge in [-0.25, -0.2) is 4.98 Å². The molecule has 0 unspecified atom stereocenters. The van der Waals surface area contributed by atoms with Crippen molar-refractivity contribution in [1.29, 1.82) is 0 Å². The minimum atomic E-state index is 0.0462. The van der Waals surface area contributed by atoms with Crippen molar-refractivity contribution < 1.29 is 4.79 Å². The Balaban J connectivity index is 1.54. The van der Waals surface area contributed by atoms with Crippen molar-refractivity contribution in [2.45, 2.75) is 19.8 Å². The smallest absolute Gasteiger partial charge is 0.254 e. The number of nitrogens with zero attached hydrogens (tertiary/aromatic N) is 5. The van der Waals surface area contributed by atoms with Crippen LogP contribution in [0.2, 0.25) is 0 Å². The maximum atomic E-state index is 12.7. The molecule has 0 fully saturated rings. The summed E-state index contributed by atoms with van der Waals surface area (Å²) in [6, 6.07) is 9.96. The summed E-state index contributed by atoms with van der Waals surface area (Å²) < 4.78 is 1.60. The van der Waals surface area contributed by atoms with Crippen molar-refractivity contribution in [2.24, 2.45) is 0 Å². The van der Waals surface area contributed by atoms with Gasteiger partial charge in [-0.05, 0) is 31.4 Å². The highest BCUT2D eigenvalue weighted by Gasteiger charge is 2.22. The molecule has 1 aliphatic heterocycles. The van der Waals surface area contributed by atoms with Crippen LogP contribution in [0.5, 0.6) is 0 Å². The minimum Gasteiger partial charge on any atom is -0.361 e. The van der Waals surface area contributed by atoms with Crippen molar-refractivity contribution in [3.8, 4) is 0 Å². The number of para-hydroxylation sites is 1. The first kappa shape index (κ1) is 14.6. The molecule has 2 aromatic heterocycles. The zero-order valence-electron chi connectivity index (χ0n) is 13.4. The topological polar surface area (TPSA) is 75.4 Å². The van der Waals surface area contributed by atoms with E-state index in [1.54, 1.807) is 4.52 Å². The van der Waals surface area contributed by atoms with Crippen LogP contribution in [0, 0.1) is 6.92 Å². The van der Waals surface area contributed by atoms with Gasteiger partial charge < -0.3 is 10.2 Å². The third-order valence-corrected chi connectivity index (χ3v) is 4.21. The molecular weight excluding hydrogens is 304 g/mol. The van der Waals surface area contributed by atoms with E-state index in [-0.39, 0.29) is 12.5 Å². The highest BCUT2D eigenvalue weighted by Crippen LogP contribution is 2.26. The molecule has 0 spiro atoms. The molecule has 0 saturated heterocycles. The number of aromatic nitrogens is 4. The second kappa shape index (κ2) is 5.92. The first-order valence-electron chi connectivity index (χ1n) is 8.02. The van der Waals surface area contributed by atoms with Gasteiger partial charge in [-0.15, -0.1) is 0 Å². The van der Waals surface area contributed by atoms with Gasteiger partial charge in [-0.2, -0.15) is 14.6 Å². The number of nitrogens with one attached hydrogen (secondary N) is 1. The van der Waals surface area contributed by atoms with Crippen LogP contribution < -0.4 is 10.2 Å². The van der Waals surface area contributed by atoms with Gasteiger partial charge in [0.25, 0.3) is 5.78 Å². The van der Waals surface area contributed by atoms with E-state index in [0.29, 0.717) is 11.6 Å². The lowest BCUT2D eigenvalue weighted by Gasteiger charge is -2.29. The van der Waals surface area contributed by atoms with Crippen molar-refractivity contribution >= 4 is 23.2 Å². The van der Waals surface area contributed by atoms with E-state index in [9.17, 15) is 4.79 Å². The average Bonchev–Trinajstić information content (AvgIpc) is 3.07. The zero-order valence-corrected chi connectivity index (χ0v) is 13.4. The lowest BCUT2D eigenvalue weighted by atomic mass is 10.0. The zero-order chi connectivity index (χ0) is 16.5. The molecule has 0 bridgehead atoms. The number of fused-ring (bicyclic) bond motifs is 2. The summed E-state index contributed by atoms with van der Waals surface area (Å²) in [6.07, 6.45) is 3.47. The Morgan fingerprint density at radius 3 is 3.12 bits per heavy atom. The van der Waals surface area contributed by atoms with Crippen LogP contribution in [-0.2, 0) is 11.2 Å². The van der Waals surface area contributed by atoms with Gasteiger partial charge in [0, 0.05) is 24.0 Å². The van der Waals surface area contributed by atoms with Gasteiger partial charge in [0.2, 0.25) is 5.91 Å². The Labute approximate surface area is 139 Å². The first-order valence-corrected chi connectivity index (χ1v) is 8.02. The Hall–Kier alpha value is -2.96. The third-order valence-electron chi connectivity index (χ3n) is 4.21. The van der Waals surface area contributed by atoms with Gasteiger partial charge >= 0.3 is 0 Å². The fourth-order valence-corrected chi connectivity index (χ4v) is 3.11. The fourth-order valence-electron chi connectivity index (χ4n) is 3.11. The standard InChI is InChI=1S/C17H18N6O/c1-12-9-15(23-17(21-12)19-11-20-23)18-10-16(24)22-8-4-6-13-5-2-3-7-14(13)22/h2-3,5,7,9,11,18H,4,6,8,10H2,1H3. The van der Waals surface area contributed by atoms with Crippen LogP contribution in [-0.4, -0.2) is 38.6 Å². The molecule has 0 saturated carbocycles. The number of anilines is 2. The maximum Gasteiger partial charge on any atom is 0.254 e. The molecule has 4 rings (SSSR count). The van der Waals surface area contributed by atoms with Crippen molar-refractivity contribution in [1.82, 2.24) is 19.6 Å². The molecule has 122 valence electrons. The number of rotatable bonds is 3. The summed E-state index contributed by atoms with van der Waals surface area (Å²) >= 11 is 0. The summed E-state index contributed by atoms with van der Waals surface area (Å²) in [5, 5.41) is 7.31. The normalized spacial score (nSPS) is 13.8. The van der Waals surface area contributed by atoms with Gasteiger partial charge in [0.1, 0.15) is 12.1 Å². The average molecular weight is 322 g/mol. The first-order chi connectivity index (χ1) is 11.7. The Morgan fingerprint density at radius 1 is 1.33 bits per heavy atom. The van der Waals surface area contributed by atoms with E-state index in [2.05, 4.69) is 26.4 Å². The van der Waals surface area contributed by atoms with Gasteiger partial charge in [-0.1, -0.05) is 18.2 Å². The van der Waals surface area contributed by atoms with Crippen LogP contribution >= 0.6 is 0 Å². The molecule has 7 heteroatoms. The van der Waals surface area contributed by atoms with Crippen LogP contribution in [0.1, 0.15) is 17.7 Å². The number of hydrogen-bond acceptors (Lipinski definition) is 5. The maximum absolute atomic E-state index is 12.7. The molecule has 24 heavy (non-hydrogen) atoms. The molecule has 0 radical (unpaired) electrons. The number of hydrogen-bond donors (Lipinski definition) is 1. The van der Waals surface area contributed by atoms with Gasteiger partial charge in [-0.3, -0.25) is 4.79 Å². The Morgan fingerprint density at radius 2 is 2.21 bits per heavy atom. The lowest BCUT2D eigenvalue weighted by Crippen LogP contribution is -2.39. The van der Waals surface area contributed by atoms with E-state index in [0.717, 1.165) is 30.8 Å². The third kappa shape index (κ3) is 2.58. The second-order valence-electron chi connectivity index (χ2n) is 5.89. The summed E-state index contributed by atoms with van der Waals surface area (Å²) in [5.41, 5.74) is 3.08. The molecular formula is C17H18N6O. The number of carbonyl (C=O) groups excluding carboxylic acids is 1. The second-order valence-corrected chi connectivity index (χ2v) is 5.89. The molecule has 1 aromatic carbocycles. The van der Waals surface area contributed by atoms with Crippen molar-refractivity contribution in [3.63, 3.8) is 0 Å². The van der Waals surface area contributed by atoms with Crippen LogP contribution in [0.25, 0.3) is 5.78 Å². The highest BCUT2D eigenvalue weighted by molar-refractivity contribution is 5.97. The van der Waals surface area contributed by atoms with Crippen LogP contribution in [0.3, 0.4) is 0 Å². The Bertz CT molecular complexity index is 903. The summed E-state index contributed by atoms with van der Waals surface area (Å²) in [7, 11) is 0. The molecule has 1 amide bonds. The Kier molecular flexibility index (Phi) is 3.60. The summed E-state index contributed by atoms with van der Waals surface area (Å²) in [4.78, 5) is 22.9. The number of benzene rings is 1. The lowest BCUT2D eigenvalue weighted by molar-refractivity contribution is -0.117. The minimum absolute atomic E-state index is 0.0462. The van der Waals surface area contributed by atoms with E-state index < -0.39 is 0 Å². The molecule has 3 aromatic rings. The van der Waals surface area contributed by atoms with E-state index >= 15 is 0 Å². The molecule has 0 aliphatic carbocycles. The summed E-state index contributed by atoms with van der Waals surface area (Å²) in [6.45, 7) is 2.85. The summed E-state index contributed by atoms with van der Waals surface area (Å²) in [5.74, 6) is 1.28. The highest BCUT2D eigenvalue weighted by atomic mass is 16.2. The number of carbonyl (C=O) groups is 1. The van der Waals surface area contributed by atoms with E-state index in [4.69, 9.17) is 0 Å². The number of amides is 1. The van der Waals surface area contributed by atoms with Crippen LogP contribution in [0.15, 0.2) is 36.7 Å². The predicted molar refractivity (Wildman–Crippen MR) is 91.1 cm³/mol. The quantitative estimate of drug-likeness (QED) is 0.796. The molecule has 1 aliphatic rings. The molecule has 7 nitrogen and oxygen atoms in total. The van der Waals surface area contributed by atoms with Gasteiger partial charge in [0.05, 0.1) is 6.54 Å². The van der Waals surface area contributed by atoms with Crippen molar-refractivity contribution in [2.75, 3.05) is 23.3 Å².